The Hall–Kier alpha value is -2.13. The lowest BCUT2D eigenvalue weighted by molar-refractivity contribution is -0.0439. The van der Waals surface area contributed by atoms with Crippen LogP contribution >= 0.6 is 0 Å². The third-order valence-electron chi connectivity index (χ3n) is 3.83. The first-order valence-electron chi connectivity index (χ1n) is 9.06. The van der Waals surface area contributed by atoms with Gasteiger partial charge in [0, 0.05) is 13.1 Å². The van der Waals surface area contributed by atoms with Crippen molar-refractivity contribution in [3.8, 4) is 11.5 Å². The Morgan fingerprint density at radius 2 is 1.72 bits per heavy atom. The SMILES string of the molecule is C.CCOc1ccccc1O[C@H](c1ccccc1)[C@H]1CNCCO1.CS(=O)(=O)O. The maximum Gasteiger partial charge on any atom is 0.261 e. The Bertz CT molecular complexity index is 799. The summed E-state index contributed by atoms with van der Waals surface area (Å²) in [6, 6.07) is 18.0. The highest BCUT2D eigenvalue weighted by Gasteiger charge is 2.28. The molecule has 0 aromatic heterocycles. The summed E-state index contributed by atoms with van der Waals surface area (Å²) in [7, 11) is -3.67. The van der Waals surface area contributed by atoms with E-state index in [1.807, 2.05) is 49.4 Å². The molecule has 2 N–H and O–H groups in total. The van der Waals surface area contributed by atoms with E-state index in [0.717, 1.165) is 30.2 Å². The Morgan fingerprint density at radius 3 is 2.28 bits per heavy atom. The van der Waals surface area contributed by atoms with Gasteiger partial charge in [-0.2, -0.15) is 8.42 Å². The molecule has 162 valence electrons. The number of nitrogens with one attached hydrogen (secondary N) is 1. The van der Waals surface area contributed by atoms with E-state index in [4.69, 9.17) is 18.8 Å². The summed E-state index contributed by atoms with van der Waals surface area (Å²) in [5.74, 6) is 1.51. The molecule has 7 nitrogen and oxygen atoms in total. The second-order valence-electron chi connectivity index (χ2n) is 6.18. The van der Waals surface area contributed by atoms with Crippen molar-refractivity contribution in [2.45, 2.75) is 26.6 Å². The Kier molecular flexibility index (Phi) is 10.7. The number of para-hydroxylation sites is 2. The summed E-state index contributed by atoms with van der Waals surface area (Å²) in [5.41, 5.74) is 1.10. The second kappa shape index (κ2) is 12.4. The average molecular weight is 426 g/mol. The van der Waals surface area contributed by atoms with Gasteiger partial charge in [-0.1, -0.05) is 49.9 Å². The van der Waals surface area contributed by atoms with E-state index in [2.05, 4.69) is 17.4 Å². The summed E-state index contributed by atoms with van der Waals surface area (Å²) in [4.78, 5) is 0. The van der Waals surface area contributed by atoms with Gasteiger partial charge in [0.2, 0.25) is 0 Å². The fraction of sp³-hybridized carbons (Fsp3) is 0.429. The molecule has 2 aromatic carbocycles. The van der Waals surface area contributed by atoms with Crippen LogP contribution in [-0.2, 0) is 14.9 Å². The van der Waals surface area contributed by atoms with Crippen LogP contribution in [0.3, 0.4) is 0 Å². The van der Waals surface area contributed by atoms with Crippen LogP contribution in [0.15, 0.2) is 54.6 Å². The third kappa shape index (κ3) is 9.27. The van der Waals surface area contributed by atoms with Crippen LogP contribution in [0.25, 0.3) is 0 Å². The minimum absolute atomic E-state index is 0. The van der Waals surface area contributed by atoms with E-state index in [9.17, 15) is 8.42 Å². The number of benzene rings is 2. The minimum atomic E-state index is -3.67. The first-order chi connectivity index (χ1) is 13.4. The minimum Gasteiger partial charge on any atom is -0.490 e. The molecule has 1 heterocycles. The van der Waals surface area contributed by atoms with Gasteiger partial charge in [-0.25, -0.2) is 0 Å². The largest absolute Gasteiger partial charge is 0.490 e. The zero-order valence-corrected chi connectivity index (χ0v) is 16.9. The molecule has 3 rings (SSSR count). The number of hydrogen-bond acceptors (Lipinski definition) is 6. The zero-order chi connectivity index (χ0) is 20.4. The van der Waals surface area contributed by atoms with Crippen molar-refractivity contribution in [2.24, 2.45) is 0 Å². The lowest BCUT2D eigenvalue weighted by Gasteiger charge is -2.32. The maximum absolute atomic E-state index is 9.19. The van der Waals surface area contributed by atoms with E-state index in [1.54, 1.807) is 0 Å². The molecule has 2 atom stereocenters. The Labute approximate surface area is 173 Å². The molecule has 29 heavy (non-hydrogen) atoms. The number of hydrogen-bond donors (Lipinski definition) is 2. The van der Waals surface area contributed by atoms with Crippen molar-refractivity contribution < 1.29 is 27.2 Å². The average Bonchev–Trinajstić information content (AvgIpc) is 2.67. The van der Waals surface area contributed by atoms with Crippen molar-refractivity contribution in [3.05, 3.63) is 60.2 Å². The molecule has 1 fully saturated rings. The summed E-state index contributed by atoms with van der Waals surface area (Å²) in [6.45, 7) is 4.94. The van der Waals surface area contributed by atoms with E-state index >= 15 is 0 Å². The topological polar surface area (TPSA) is 94.1 Å². The predicted octanol–water partition coefficient (Wildman–Crippen LogP) is 3.33. The number of rotatable bonds is 6. The monoisotopic (exact) mass is 425 g/mol. The van der Waals surface area contributed by atoms with Gasteiger partial charge in [0.05, 0.1) is 19.5 Å². The second-order valence-corrected chi connectivity index (χ2v) is 7.64. The highest BCUT2D eigenvalue weighted by atomic mass is 32.2. The van der Waals surface area contributed by atoms with Crippen LogP contribution in [-0.4, -0.2) is 51.6 Å². The molecule has 0 bridgehead atoms. The van der Waals surface area contributed by atoms with Crippen LogP contribution in [0, 0.1) is 0 Å². The van der Waals surface area contributed by atoms with Crippen molar-refractivity contribution in [2.75, 3.05) is 32.6 Å². The molecule has 1 aliphatic rings. The van der Waals surface area contributed by atoms with Crippen LogP contribution in [0.1, 0.15) is 26.0 Å². The molecular weight excluding hydrogens is 394 g/mol. The van der Waals surface area contributed by atoms with Crippen molar-refractivity contribution >= 4 is 10.1 Å². The fourth-order valence-corrected chi connectivity index (χ4v) is 2.74. The predicted molar refractivity (Wildman–Crippen MR) is 114 cm³/mol. The van der Waals surface area contributed by atoms with Gasteiger partial charge in [-0.05, 0) is 24.6 Å². The molecule has 8 heteroatoms. The van der Waals surface area contributed by atoms with Crippen LogP contribution in [0.4, 0.5) is 0 Å². The van der Waals surface area contributed by atoms with Crippen molar-refractivity contribution in [1.29, 1.82) is 0 Å². The molecule has 0 spiro atoms. The quantitative estimate of drug-likeness (QED) is 0.686. The molecule has 0 saturated carbocycles. The highest BCUT2D eigenvalue weighted by Crippen LogP contribution is 2.33. The molecule has 2 aromatic rings. The summed E-state index contributed by atoms with van der Waals surface area (Å²) in [6.07, 6.45) is 0.513. The first kappa shape index (κ1) is 24.9. The first-order valence-corrected chi connectivity index (χ1v) is 10.9. The maximum atomic E-state index is 9.19. The highest BCUT2D eigenvalue weighted by molar-refractivity contribution is 7.85. The lowest BCUT2D eigenvalue weighted by atomic mass is 10.0. The number of ether oxygens (including phenoxy) is 3. The molecular formula is C21H31NO6S. The summed E-state index contributed by atoms with van der Waals surface area (Å²) in [5, 5.41) is 3.37. The standard InChI is InChI=1S/C19H23NO3.CH4O3S.CH4/c1-2-21-16-10-6-7-11-17(16)23-19(15-8-4-3-5-9-15)18-14-20-12-13-22-18;1-5(2,3)4;/h3-11,18-20H,2,12-14H2,1H3;1H3,(H,2,3,4);1H4/t18-,19-;;/m1../s1. The molecule has 0 amide bonds. The molecule has 1 aliphatic heterocycles. The molecule has 0 aliphatic carbocycles. The van der Waals surface area contributed by atoms with Gasteiger partial charge in [-0.15, -0.1) is 0 Å². The number of morpholine rings is 1. The van der Waals surface area contributed by atoms with Crippen molar-refractivity contribution in [1.82, 2.24) is 5.32 Å². The summed E-state index contributed by atoms with van der Waals surface area (Å²) < 4.78 is 43.8. The Morgan fingerprint density at radius 1 is 1.14 bits per heavy atom. The van der Waals surface area contributed by atoms with Gasteiger partial charge < -0.3 is 19.5 Å². The van der Waals surface area contributed by atoms with E-state index < -0.39 is 10.1 Å². The van der Waals surface area contributed by atoms with Crippen molar-refractivity contribution in [3.63, 3.8) is 0 Å². The summed E-state index contributed by atoms with van der Waals surface area (Å²) >= 11 is 0. The normalized spacial score (nSPS) is 17.1. The smallest absolute Gasteiger partial charge is 0.261 e. The molecule has 0 unspecified atom stereocenters. The zero-order valence-electron chi connectivity index (χ0n) is 16.1. The van der Waals surface area contributed by atoms with Gasteiger partial charge in [0.25, 0.3) is 10.1 Å². The van der Waals surface area contributed by atoms with E-state index in [0.29, 0.717) is 19.5 Å². The Balaban J connectivity index is 0.000000628. The van der Waals surface area contributed by atoms with Gasteiger partial charge in [0.15, 0.2) is 17.6 Å². The molecule has 1 saturated heterocycles. The van der Waals surface area contributed by atoms with Gasteiger partial charge in [0.1, 0.15) is 6.10 Å². The lowest BCUT2D eigenvalue weighted by Crippen LogP contribution is -2.43. The van der Waals surface area contributed by atoms with Gasteiger partial charge >= 0.3 is 0 Å². The fourth-order valence-electron chi connectivity index (χ4n) is 2.74. The van der Waals surface area contributed by atoms with E-state index in [-0.39, 0.29) is 19.6 Å². The van der Waals surface area contributed by atoms with Crippen LogP contribution in [0.5, 0.6) is 11.5 Å². The van der Waals surface area contributed by atoms with E-state index in [1.165, 1.54) is 0 Å². The molecule has 0 radical (unpaired) electrons. The van der Waals surface area contributed by atoms with Crippen LogP contribution in [0.2, 0.25) is 0 Å². The van der Waals surface area contributed by atoms with Crippen LogP contribution < -0.4 is 14.8 Å². The van der Waals surface area contributed by atoms with Gasteiger partial charge in [-0.3, -0.25) is 4.55 Å². The third-order valence-corrected chi connectivity index (χ3v) is 3.83.